The van der Waals surface area contributed by atoms with Crippen molar-refractivity contribution in [1.82, 2.24) is 9.80 Å². The van der Waals surface area contributed by atoms with Crippen molar-refractivity contribution in [3.63, 3.8) is 0 Å². The molecule has 0 radical (unpaired) electrons. The average Bonchev–Trinajstić information content (AvgIpc) is 2.64. The molecule has 1 N–H and O–H groups in total. The highest BCUT2D eigenvalue weighted by atomic mass is 35.5. The number of nitrogens with zero attached hydrogens (tertiary/aromatic N) is 3. The summed E-state index contributed by atoms with van der Waals surface area (Å²) in [5.41, 5.74) is -0.185. The van der Waals surface area contributed by atoms with Crippen LogP contribution in [0.3, 0.4) is 0 Å². The topological polar surface area (TPSA) is 76.4 Å². The van der Waals surface area contributed by atoms with Crippen molar-refractivity contribution < 1.29 is 9.59 Å². The van der Waals surface area contributed by atoms with Crippen molar-refractivity contribution in [2.45, 2.75) is 37.6 Å². The van der Waals surface area contributed by atoms with Crippen LogP contribution in [0, 0.1) is 11.3 Å². The molecule has 27 heavy (non-hydrogen) atoms. The summed E-state index contributed by atoms with van der Waals surface area (Å²) in [6, 6.07) is 7.17. The van der Waals surface area contributed by atoms with E-state index in [2.05, 4.69) is 11.4 Å². The Labute approximate surface area is 170 Å². The highest BCUT2D eigenvalue weighted by Crippen LogP contribution is 2.32. The summed E-state index contributed by atoms with van der Waals surface area (Å²) in [5, 5.41) is 13.1. The Hall–Kier alpha value is -1.81. The fourth-order valence-corrected chi connectivity index (χ4v) is 3.61. The number of benzene rings is 1. The lowest BCUT2D eigenvalue weighted by molar-refractivity contribution is -0.136. The van der Waals surface area contributed by atoms with Crippen molar-refractivity contribution in [1.29, 1.82) is 5.26 Å². The molecule has 0 saturated heterocycles. The third-order valence-electron chi connectivity index (χ3n) is 4.93. The smallest absolute Gasteiger partial charge is 0.238 e. The fourth-order valence-electron chi connectivity index (χ4n) is 3.31. The third-order valence-corrected chi connectivity index (χ3v) is 5.67. The van der Waals surface area contributed by atoms with Gasteiger partial charge in [0.05, 0.1) is 29.2 Å². The van der Waals surface area contributed by atoms with E-state index in [1.54, 1.807) is 42.1 Å². The third kappa shape index (κ3) is 5.58. The molecule has 0 heterocycles. The molecular formula is C19H24Cl2N4O2. The second-order valence-electron chi connectivity index (χ2n) is 7.01. The van der Waals surface area contributed by atoms with Crippen molar-refractivity contribution >= 4 is 40.7 Å². The zero-order valence-electron chi connectivity index (χ0n) is 15.6. The van der Waals surface area contributed by atoms with Gasteiger partial charge in [0.25, 0.3) is 0 Å². The van der Waals surface area contributed by atoms with E-state index < -0.39 is 5.54 Å². The quantitative estimate of drug-likeness (QED) is 0.777. The molecule has 0 aromatic heterocycles. The van der Waals surface area contributed by atoms with Crippen LogP contribution in [0.4, 0.5) is 5.69 Å². The van der Waals surface area contributed by atoms with Gasteiger partial charge < -0.3 is 10.2 Å². The highest BCUT2D eigenvalue weighted by Gasteiger charge is 2.38. The lowest BCUT2D eigenvalue weighted by Crippen LogP contribution is -2.52. The predicted octanol–water partition coefficient (Wildman–Crippen LogP) is 3.55. The maximum atomic E-state index is 12.6. The van der Waals surface area contributed by atoms with E-state index in [0.29, 0.717) is 28.6 Å². The highest BCUT2D eigenvalue weighted by molar-refractivity contribution is 6.42. The number of hydrogen-bond donors (Lipinski definition) is 1. The molecule has 0 atom stereocenters. The fraction of sp³-hybridized carbons (Fsp3) is 0.526. The van der Waals surface area contributed by atoms with Crippen molar-refractivity contribution in [2.75, 3.05) is 32.5 Å². The Balaban J connectivity index is 1.89. The van der Waals surface area contributed by atoms with Gasteiger partial charge in [0.1, 0.15) is 5.54 Å². The average molecular weight is 411 g/mol. The van der Waals surface area contributed by atoms with Gasteiger partial charge in [-0.25, -0.2) is 0 Å². The van der Waals surface area contributed by atoms with E-state index >= 15 is 0 Å². The minimum absolute atomic E-state index is 0.0411. The number of rotatable bonds is 6. The summed E-state index contributed by atoms with van der Waals surface area (Å²) in [5.74, 6) is -0.428. The summed E-state index contributed by atoms with van der Waals surface area (Å²) in [4.78, 5) is 28.0. The molecular weight excluding hydrogens is 387 g/mol. The van der Waals surface area contributed by atoms with Gasteiger partial charge in [-0.1, -0.05) is 42.5 Å². The van der Waals surface area contributed by atoms with Crippen LogP contribution in [0.25, 0.3) is 0 Å². The second kappa shape index (κ2) is 9.41. The number of amides is 2. The van der Waals surface area contributed by atoms with Gasteiger partial charge in [-0.3, -0.25) is 14.5 Å². The zero-order chi connectivity index (χ0) is 20.0. The van der Waals surface area contributed by atoms with Gasteiger partial charge in [0.15, 0.2) is 0 Å². The van der Waals surface area contributed by atoms with Crippen LogP contribution in [-0.2, 0) is 9.59 Å². The number of nitriles is 1. The number of carbonyl (C=O) groups is 2. The number of carbonyl (C=O) groups excluding carboxylic acids is 2. The largest absolute Gasteiger partial charge is 0.326 e. The Morgan fingerprint density at radius 2 is 1.81 bits per heavy atom. The number of hydrogen-bond acceptors (Lipinski definition) is 4. The summed E-state index contributed by atoms with van der Waals surface area (Å²) < 4.78 is 0. The maximum absolute atomic E-state index is 12.6. The molecule has 8 heteroatoms. The Morgan fingerprint density at radius 1 is 1.15 bits per heavy atom. The van der Waals surface area contributed by atoms with Crippen LogP contribution in [-0.4, -0.2) is 54.3 Å². The Morgan fingerprint density at radius 3 is 2.41 bits per heavy atom. The minimum Gasteiger partial charge on any atom is -0.326 e. The first kappa shape index (κ1) is 21.5. The summed E-state index contributed by atoms with van der Waals surface area (Å²) in [7, 11) is 3.38. The van der Waals surface area contributed by atoms with Crippen LogP contribution in [0.15, 0.2) is 18.2 Å². The molecule has 1 aromatic carbocycles. The zero-order valence-corrected chi connectivity index (χ0v) is 17.1. The maximum Gasteiger partial charge on any atom is 0.238 e. The molecule has 1 aliphatic rings. The molecule has 6 nitrogen and oxygen atoms in total. The molecule has 0 bridgehead atoms. The van der Waals surface area contributed by atoms with Crippen LogP contribution in [0.5, 0.6) is 0 Å². The molecule has 1 saturated carbocycles. The second-order valence-corrected chi connectivity index (χ2v) is 7.82. The minimum atomic E-state index is -0.724. The van der Waals surface area contributed by atoms with Gasteiger partial charge in [-0.2, -0.15) is 5.26 Å². The van der Waals surface area contributed by atoms with Gasteiger partial charge in [-0.05, 0) is 38.1 Å². The molecule has 2 amide bonds. The van der Waals surface area contributed by atoms with Crippen LogP contribution in [0.1, 0.15) is 32.1 Å². The van der Waals surface area contributed by atoms with Gasteiger partial charge in [0.2, 0.25) is 11.8 Å². The first-order valence-corrected chi connectivity index (χ1v) is 9.64. The van der Waals surface area contributed by atoms with E-state index in [1.165, 1.54) is 0 Å². The van der Waals surface area contributed by atoms with Crippen molar-refractivity contribution in [3.05, 3.63) is 28.2 Å². The van der Waals surface area contributed by atoms with Gasteiger partial charge in [0, 0.05) is 12.7 Å². The lowest BCUT2D eigenvalue weighted by atomic mass is 9.81. The summed E-state index contributed by atoms with van der Waals surface area (Å²) >= 11 is 11.8. The monoisotopic (exact) mass is 410 g/mol. The molecule has 146 valence electrons. The number of halogens is 2. The van der Waals surface area contributed by atoms with Crippen LogP contribution in [0.2, 0.25) is 10.0 Å². The van der Waals surface area contributed by atoms with Gasteiger partial charge in [-0.15, -0.1) is 0 Å². The van der Waals surface area contributed by atoms with E-state index in [-0.39, 0.29) is 24.9 Å². The summed E-state index contributed by atoms with van der Waals surface area (Å²) in [6.45, 7) is 0.105. The lowest BCUT2D eigenvalue weighted by Gasteiger charge is -2.39. The number of nitrogens with one attached hydrogen (secondary N) is 1. The molecule has 1 aromatic rings. The number of anilines is 1. The SMILES string of the molecule is CN(CC(=O)Nc1ccc(Cl)c(Cl)c1)CC(=O)N(C)C1(C#N)CCCCC1. The standard InChI is InChI=1S/C19H24Cl2N4O2/c1-24(11-17(26)23-14-6-7-15(20)16(21)10-14)12-18(27)25(2)19(13-22)8-4-3-5-9-19/h6-7,10H,3-5,8-9,11-12H2,1-2H3,(H,23,26). The van der Waals surface area contributed by atoms with E-state index in [1.807, 2.05) is 0 Å². The first-order chi connectivity index (χ1) is 12.8. The van der Waals surface area contributed by atoms with Crippen LogP contribution < -0.4 is 5.32 Å². The molecule has 1 fully saturated rings. The molecule has 1 aliphatic carbocycles. The summed E-state index contributed by atoms with van der Waals surface area (Å²) in [6.07, 6.45) is 4.40. The predicted molar refractivity (Wildman–Crippen MR) is 107 cm³/mol. The van der Waals surface area contributed by atoms with E-state index in [4.69, 9.17) is 23.2 Å². The van der Waals surface area contributed by atoms with E-state index in [0.717, 1.165) is 19.3 Å². The van der Waals surface area contributed by atoms with E-state index in [9.17, 15) is 14.9 Å². The molecule has 0 unspecified atom stereocenters. The molecule has 0 aliphatic heterocycles. The molecule has 2 rings (SSSR count). The first-order valence-electron chi connectivity index (χ1n) is 8.89. The van der Waals surface area contributed by atoms with Crippen LogP contribution >= 0.6 is 23.2 Å². The Kier molecular flexibility index (Phi) is 7.49. The molecule has 0 spiro atoms. The van der Waals surface area contributed by atoms with Crippen molar-refractivity contribution in [2.24, 2.45) is 0 Å². The normalized spacial score (nSPS) is 15.9. The van der Waals surface area contributed by atoms with Gasteiger partial charge >= 0.3 is 0 Å². The van der Waals surface area contributed by atoms with Crippen molar-refractivity contribution in [3.8, 4) is 6.07 Å². The Bertz CT molecular complexity index is 742. The number of likely N-dealkylation sites (N-methyl/N-ethyl adjacent to an activating group) is 2.